The van der Waals surface area contributed by atoms with Gasteiger partial charge in [-0.2, -0.15) is 0 Å². The summed E-state index contributed by atoms with van der Waals surface area (Å²) in [4.78, 5) is 3.49. The summed E-state index contributed by atoms with van der Waals surface area (Å²) in [5.41, 5.74) is 5.77. The third-order valence-corrected chi connectivity index (χ3v) is 5.42. The fourth-order valence-corrected chi connectivity index (χ4v) is 4.21. The highest BCUT2D eigenvalue weighted by Crippen LogP contribution is 2.47. The summed E-state index contributed by atoms with van der Waals surface area (Å²) < 4.78 is 0. The molecule has 1 heteroatoms. The van der Waals surface area contributed by atoms with Crippen molar-refractivity contribution in [3.8, 4) is 0 Å². The number of aromatic nitrogens is 1. The topological polar surface area (TPSA) is 15.8 Å². The van der Waals surface area contributed by atoms with Crippen molar-refractivity contribution in [2.24, 2.45) is 0 Å². The number of nitrogens with one attached hydrogen (secondary N) is 1. The second kappa shape index (κ2) is 5.31. The lowest BCUT2D eigenvalue weighted by Crippen LogP contribution is -2.30. The monoisotopic (exact) mass is 289 g/mol. The Morgan fingerprint density at radius 2 is 1.59 bits per heavy atom. The SMILES string of the molecule is Cc1ccc(C2(c3c[nH]c4ccccc34)CCCCC2)cc1. The third-order valence-electron chi connectivity index (χ3n) is 5.42. The largest absolute Gasteiger partial charge is 0.361 e. The van der Waals surface area contributed by atoms with E-state index in [0.29, 0.717) is 0 Å². The van der Waals surface area contributed by atoms with E-state index in [-0.39, 0.29) is 5.41 Å². The van der Waals surface area contributed by atoms with Gasteiger partial charge in [0, 0.05) is 22.5 Å². The molecular weight excluding hydrogens is 266 g/mol. The minimum absolute atomic E-state index is 0.186. The molecule has 1 N–H and O–H groups in total. The van der Waals surface area contributed by atoms with Gasteiger partial charge in [0.1, 0.15) is 0 Å². The van der Waals surface area contributed by atoms with Crippen LogP contribution in [-0.2, 0) is 5.41 Å². The molecule has 1 nitrogen and oxygen atoms in total. The Morgan fingerprint density at radius 1 is 0.864 bits per heavy atom. The van der Waals surface area contributed by atoms with E-state index in [4.69, 9.17) is 0 Å². The molecule has 0 spiro atoms. The smallest absolute Gasteiger partial charge is 0.0457 e. The van der Waals surface area contributed by atoms with Crippen LogP contribution in [-0.4, -0.2) is 4.98 Å². The Kier molecular flexibility index (Phi) is 3.29. The number of hydrogen-bond donors (Lipinski definition) is 1. The van der Waals surface area contributed by atoms with Crippen LogP contribution >= 0.6 is 0 Å². The van der Waals surface area contributed by atoms with Crippen molar-refractivity contribution in [3.05, 3.63) is 71.4 Å². The van der Waals surface area contributed by atoms with Crippen LogP contribution in [0.25, 0.3) is 10.9 Å². The van der Waals surface area contributed by atoms with E-state index in [1.54, 1.807) is 0 Å². The van der Waals surface area contributed by atoms with Crippen LogP contribution < -0.4 is 0 Å². The van der Waals surface area contributed by atoms with Crippen LogP contribution in [0.5, 0.6) is 0 Å². The summed E-state index contributed by atoms with van der Waals surface area (Å²) in [7, 11) is 0. The highest BCUT2D eigenvalue weighted by Gasteiger charge is 2.37. The second-order valence-corrected chi connectivity index (χ2v) is 6.76. The number of fused-ring (bicyclic) bond motifs is 1. The van der Waals surface area contributed by atoms with Gasteiger partial charge in [-0.3, -0.25) is 0 Å². The summed E-state index contributed by atoms with van der Waals surface area (Å²) in [6, 6.07) is 18.0. The highest BCUT2D eigenvalue weighted by atomic mass is 14.7. The molecule has 1 aliphatic rings. The quantitative estimate of drug-likeness (QED) is 0.620. The lowest BCUT2D eigenvalue weighted by Gasteiger charge is -2.38. The third kappa shape index (κ3) is 2.08. The number of H-pyrrole nitrogens is 1. The van der Waals surface area contributed by atoms with Crippen LogP contribution in [0, 0.1) is 6.92 Å². The van der Waals surface area contributed by atoms with Crippen molar-refractivity contribution in [2.75, 3.05) is 0 Å². The van der Waals surface area contributed by atoms with E-state index in [0.717, 1.165) is 0 Å². The molecule has 2 aromatic carbocycles. The van der Waals surface area contributed by atoms with Crippen molar-refractivity contribution in [3.63, 3.8) is 0 Å². The molecule has 1 fully saturated rings. The first-order valence-corrected chi connectivity index (χ1v) is 8.43. The molecule has 0 bridgehead atoms. The van der Waals surface area contributed by atoms with Gasteiger partial charge >= 0.3 is 0 Å². The Balaban J connectivity index is 1.92. The molecule has 0 unspecified atom stereocenters. The molecule has 1 aromatic heterocycles. The first-order valence-electron chi connectivity index (χ1n) is 8.43. The van der Waals surface area contributed by atoms with Crippen molar-refractivity contribution in [2.45, 2.75) is 44.4 Å². The Morgan fingerprint density at radius 3 is 2.36 bits per heavy atom. The lowest BCUT2D eigenvalue weighted by atomic mass is 9.65. The Labute approximate surface area is 132 Å². The summed E-state index contributed by atoms with van der Waals surface area (Å²) in [5, 5.41) is 1.39. The Hall–Kier alpha value is -2.02. The first kappa shape index (κ1) is 13.6. The minimum atomic E-state index is 0.186. The zero-order valence-corrected chi connectivity index (χ0v) is 13.2. The highest BCUT2D eigenvalue weighted by molar-refractivity contribution is 5.85. The van der Waals surface area contributed by atoms with Crippen molar-refractivity contribution in [1.82, 2.24) is 4.98 Å². The normalized spacial score (nSPS) is 17.7. The van der Waals surface area contributed by atoms with Crippen molar-refractivity contribution < 1.29 is 0 Å². The van der Waals surface area contributed by atoms with Gasteiger partial charge in [-0.15, -0.1) is 0 Å². The van der Waals surface area contributed by atoms with Crippen LogP contribution in [0.3, 0.4) is 0 Å². The van der Waals surface area contributed by atoms with E-state index in [9.17, 15) is 0 Å². The number of hydrogen-bond acceptors (Lipinski definition) is 0. The molecule has 4 rings (SSSR count). The van der Waals surface area contributed by atoms with Gasteiger partial charge in [-0.1, -0.05) is 67.3 Å². The summed E-state index contributed by atoms with van der Waals surface area (Å²) in [6.07, 6.45) is 8.81. The van der Waals surface area contributed by atoms with Gasteiger partial charge in [0.05, 0.1) is 0 Å². The number of aryl methyl sites for hydroxylation is 1. The van der Waals surface area contributed by atoms with Gasteiger partial charge in [-0.05, 0) is 37.0 Å². The standard InChI is InChI=1S/C21H23N/c1-16-9-11-17(12-10-16)21(13-5-2-6-14-21)19-15-22-20-8-4-3-7-18(19)20/h3-4,7-12,15,22H,2,5-6,13-14H2,1H3. The van der Waals surface area contributed by atoms with Gasteiger partial charge in [0.25, 0.3) is 0 Å². The van der Waals surface area contributed by atoms with Crippen LogP contribution in [0.2, 0.25) is 0 Å². The molecule has 112 valence electrons. The van der Waals surface area contributed by atoms with E-state index in [1.165, 1.54) is 59.7 Å². The number of rotatable bonds is 2. The molecule has 0 amide bonds. The molecular formula is C21H23N. The second-order valence-electron chi connectivity index (χ2n) is 6.76. The van der Waals surface area contributed by atoms with Gasteiger partial charge in [0.2, 0.25) is 0 Å². The summed E-state index contributed by atoms with van der Waals surface area (Å²) >= 11 is 0. The number of aromatic amines is 1. The average Bonchev–Trinajstić information content (AvgIpc) is 3.01. The van der Waals surface area contributed by atoms with E-state index in [1.807, 2.05) is 0 Å². The van der Waals surface area contributed by atoms with E-state index in [2.05, 4.69) is 66.6 Å². The maximum atomic E-state index is 3.49. The maximum absolute atomic E-state index is 3.49. The molecule has 22 heavy (non-hydrogen) atoms. The molecule has 0 aliphatic heterocycles. The van der Waals surface area contributed by atoms with Gasteiger partial charge < -0.3 is 4.98 Å². The molecule has 1 heterocycles. The molecule has 1 aliphatic carbocycles. The first-order chi connectivity index (χ1) is 10.8. The molecule has 1 saturated carbocycles. The number of para-hydroxylation sites is 1. The van der Waals surface area contributed by atoms with Crippen LogP contribution in [0.15, 0.2) is 54.7 Å². The van der Waals surface area contributed by atoms with Crippen LogP contribution in [0.4, 0.5) is 0 Å². The average molecular weight is 289 g/mol. The number of benzene rings is 2. The zero-order valence-electron chi connectivity index (χ0n) is 13.2. The van der Waals surface area contributed by atoms with E-state index >= 15 is 0 Å². The zero-order chi connectivity index (χ0) is 15.0. The molecule has 3 aromatic rings. The van der Waals surface area contributed by atoms with Crippen molar-refractivity contribution >= 4 is 10.9 Å². The predicted octanol–water partition coefficient (Wildman–Crippen LogP) is 5.73. The molecule has 0 radical (unpaired) electrons. The van der Waals surface area contributed by atoms with Gasteiger partial charge in [0.15, 0.2) is 0 Å². The molecule has 0 atom stereocenters. The lowest BCUT2D eigenvalue weighted by molar-refractivity contribution is 0.348. The minimum Gasteiger partial charge on any atom is -0.361 e. The summed E-state index contributed by atoms with van der Waals surface area (Å²) in [5.74, 6) is 0. The van der Waals surface area contributed by atoms with Gasteiger partial charge in [-0.25, -0.2) is 0 Å². The van der Waals surface area contributed by atoms with Crippen molar-refractivity contribution in [1.29, 1.82) is 0 Å². The fraction of sp³-hybridized carbons (Fsp3) is 0.333. The van der Waals surface area contributed by atoms with E-state index < -0.39 is 0 Å². The summed E-state index contributed by atoms with van der Waals surface area (Å²) in [6.45, 7) is 2.17. The fourth-order valence-electron chi connectivity index (χ4n) is 4.21. The van der Waals surface area contributed by atoms with Crippen LogP contribution in [0.1, 0.15) is 48.8 Å². The predicted molar refractivity (Wildman–Crippen MR) is 93.3 cm³/mol. The molecule has 0 saturated heterocycles. The Bertz CT molecular complexity index is 773. The maximum Gasteiger partial charge on any atom is 0.0457 e.